The molecular formula is C11H16NOSi. The van der Waals surface area contributed by atoms with Crippen molar-refractivity contribution in [2.45, 2.75) is 31.5 Å². The Labute approximate surface area is 86.9 Å². The second-order valence-electron chi connectivity index (χ2n) is 3.75. The van der Waals surface area contributed by atoms with Crippen LogP contribution in [0.25, 0.3) is 0 Å². The van der Waals surface area contributed by atoms with Gasteiger partial charge in [0.1, 0.15) is 8.80 Å². The van der Waals surface area contributed by atoms with Gasteiger partial charge in [0.25, 0.3) is 0 Å². The van der Waals surface area contributed by atoms with E-state index in [1.165, 1.54) is 35.8 Å². The van der Waals surface area contributed by atoms with Gasteiger partial charge in [-0.15, -0.1) is 0 Å². The molecule has 0 aromatic carbocycles. The van der Waals surface area contributed by atoms with E-state index in [9.17, 15) is 0 Å². The highest BCUT2D eigenvalue weighted by molar-refractivity contribution is 6.73. The molecular weight excluding hydrogens is 190 g/mol. The third-order valence-electron chi connectivity index (χ3n) is 2.73. The first kappa shape index (κ1) is 9.87. The first-order chi connectivity index (χ1) is 6.92. The quantitative estimate of drug-likeness (QED) is 0.703. The molecule has 1 aromatic heterocycles. The minimum atomic E-state index is -0.333. The Morgan fingerprint density at radius 2 is 2.21 bits per heavy atom. The van der Waals surface area contributed by atoms with Crippen LogP contribution in [0.3, 0.4) is 0 Å². The van der Waals surface area contributed by atoms with Crippen molar-refractivity contribution in [1.29, 1.82) is 0 Å². The monoisotopic (exact) mass is 206 g/mol. The lowest BCUT2D eigenvalue weighted by Crippen LogP contribution is -2.32. The first-order valence-electron chi connectivity index (χ1n) is 5.19. The third kappa shape index (κ3) is 2.04. The third-order valence-corrected chi connectivity index (χ3v) is 5.77. The Bertz CT molecular complexity index is 297. The molecule has 1 aliphatic heterocycles. The summed E-state index contributed by atoms with van der Waals surface area (Å²) in [6, 6.07) is 6.97. The molecule has 0 saturated carbocycles. The Morgan fingerprint density at radius 3 is 2.93 bits per heavy atom. The lowest BCUT2D eigenvalue weighted by atomic mass is 10.3. The van der Waals surface area contributed by atoms with Gasteiger partial charge >= 0.3 is 0 Å². The van der Waals surface area contributed by atoms with Gasteiger partial charge in [-0.2, -0.15) is 0 Å². The summed E-state index contributed by atoms with van der Waals surface area (Å²) < 4.78 is 5.20. The lowest BCUT2D eigenvalue weighted by molar-refractivity contribution is 0.185. The molecule has 14 heavy (non-hydrogen) atoms. The van der Waals surface area contributed by atoms with E-state index in [2.05, 4.69) is 11.1 Å². The molecule has 1 fully saturated rings. The van der Waals surface area contributed by atoms with Gasteiger partial charge < -0.3 is 4.74 Å². The first-order valence-corrected chi connectivity index (χ1v) is 7.11. The summed E-state index contributed by atoms with van der Waals surface area (Å²) in [5, 5.41) is 1.37. The molecule has 1 aliphatic rings. The summed E-state index contributed by atoms with van der Waals surface area (Å²) in [5.41, 5.74) is 1.31. The van der Waals surface area contributed by atoms with Crippen LogP contribution in [-0.4, -0.2) is 20.9 Å². The lowest BCUT2D eigenvalue weighted by Gasteiger charge is -2.11. The zero-order chi connectivity index (χ0) is 9.80. The molecule has 0 N–H and O–H groups in total. The summed E-state index contributed by atoms with van der Waals surface area (Å²) in [7, 11) is 1.42. The van der Waals surface area contributed by atoms with Crippen LogP contribution >= 0.6 is 0 Å². The fourth-order valence-electron chi connectivity index (χ4n) is 2.07. The summed E-state index contributed by atoms with van der Waals surface area (Å²) in [6.07, 6.45) is 4.72. The molecule has 2 heterocycles. The number of ether oxygens (including phenoxy) is 1. The molecule has 3 heteroatoms. The number of methoxy groups -OCH3 is 1. The van der Waals surface area contributed by atoms with Crippen LogP contribution in [0.5, 0.6) is 0 Å². The molecule has 2 nitrogen and oxygen atoms in total. The fourth-order valence-corrected chi connectivity index (χ4v) is 5.01. The molecule has 0 bridgehead atoms. The number of hydrogen-bond acceptors (Lipinski definition) is 2. The van der Waals surface area contributed by atoms with Crippen LogP contribution in [0, 0.1) is 0 Å². The van der Waals surface area contributed by atoms with Gasteiger partial charge in [0.15, 0.2) is 0 Å². The van der Waals surface area contributed by atoms with Crippen molar-refractivity contribution in [1.82, 2.24) is 4.98 Å². The highest BCUT2D eigenvalue weighted by atomic mass is 28.3. The topological polar surface area (TPSA) is 22.1 Å². The van der Waals surface area contributed by atoms with Gasteiger partial charge in [-0.1, -0.05) is 31.0 Å². The molecule has 1 aromatic rings. The molecule has 0 atom stereocenters. The summed E-state index contributed by atoms with van der Waals surface area (Å²) >= 11 is 0. The highest BCUT2D eigenvalue weighted by Gasteiger charge is 2.22. The van der Waals surface area contributed by atoms with E-state index in [-0.39, 0.29) is 8.80 Å². The van der Waals surface area contributed by atoms with Crippen LogP contribution in [0.1, 0.15) is 18.4 Å². The van der Waals surface area contributed by atoms with Crippen molar-refractivity contribution in [3.63, 3.8) is 0 Å². The molecule has 1 saturated heterocycles. The van der Waals surface area contributed by atoms with Crippen LogP contribution in [0.4, 0.5) is 0 Å². The van der Waals surface area contributed by atoms with Gasteiger partial charge in [-0.25, -0.2) is 0 Å². The van der Waals surface area contributed by atoms with Gasteiger partial charge in [0, 0.05) is 18.6 Å². The van der Waals surface area contributed by atoms with Crippen LogP contribution < -0.4 is 5.32 Å². The fraction of sp³-hybridized carbons (Fsp3) is 0.545. The van der Waals surface area contributed by atoms with Crippen molar-refractivity contribution in [2.24, 2.45) is 0 Å². The van der Waals surface area contributed by atoms with E-state index in [0.29, 0.717) is 0 Å². The number of nitrogens with zero attached hydrogens (tertiary/aromatic N) is 1. The summed E-state index contributed by atoms with van der Waals surface area (Å²) in [4.78, 5) is 4.54. The average Bonchev–Trinajstić information content (AvgIpc) is 2.72. The Hall–Kier alpha value is -0.673. The van der Waals surface area contributed by atoms with Crippen molar-refractivity contribution >= 4 is 14.1 Å². The summed E-state index contributed by atoms with van der Waals surface area (Å²) in [6.45, 7) is 0.720. The van der Waals surface area contributed by atoms with E-state index in [4.69, 9.17) is 4.74 Å². The molecule has 0 spiro atoms. The maximum atomic E-state index is 5.20. The normalized spacial score (nSPS) is 17.5. The molecule has 2 rings (SSSR count). The maximum absolute atomic E-state index is 5.20. The standard InChI is InChI=1S/C11H16NOSi/c1-13-9-10-5-4-6-12-11(10)14-7-2-3-8-14/h4-6H,2-3,7-9H2,1H3. The highest BCUT2D eigenvalue weighted by Crippen LogP contribution is 2.19. The van der Waals surface area contributed by atoms with E-state index in [1.807, 2.05) is 12.3 Å². The van der Waals surface area contributed by atoms with Gasteiger partial charge in [-0.3, -0.25) is 4.98 Å². The molecule has 0 aliphatic carbocycles. The smallest absolute Gasteiger partial charge is 0.111 e. The predicted octanol–water partition coefficient (Wildman–Crippen LogP) is 1.72. The average molecular weight is 206 g/mol. The number of hydrogen-bond donors (Lipinski definition) is 0. The second-order valence-corrected chi connectivity index (χ2v) is 6.44. The minimum absolute atomic E-state index is 0.333. The Morgan fingerprint density at radius 1 is 1.43 bits per heavy atom. The summed E-state index contributed by atoms with van der Waals surface area (Å²) in [5.74, 6) is 0. The molecule has 0 amide bonds. The molecule has 0 unspecified atom stereocenters. The largest absolute Gasteiger partial charge is 0.380 e. The molecule has 75 valence electrons. The maximum Gasteiger partial charge on any atom is 0.111 e. The SMILES string of the molecule is COCc1cccnc1[Si]1CCCC1. The van der Waals surface area contributed by atoms with Crippen molar-refractivity contribution in [3.8, 4) is 0 Å². The number of pyridine rings is 1. The van der Waals surface area contributed by atoms with Gasteiger partial charge in [0.05, 0.1) is 6.61 Å². The number of aromatic nitrogens is 1. The van der Waals surface area contributed by atoms with Gasteiger partial charge in [0.2, 0.25) is 0 Å². The second kappa shape index (κ2) is 4.71. The van der Waals surface area contributed by atoms with E-state index < -0.39 is 0 Å². The van der Waals surface area contributed by atoms with E-state index >= 15 is 0 Å². The van der Waals surface area contributed by atoms with E-state index in [1.54, 1.807) is 7.11 Å². The Balaban J connectivity index is 2.21. The Kier molecular flexibility index (Phi) is 3.32. The van der Waals surface area contributed by atoms with Gasteiger partial charge in [-0.05, 0) is 11.6 Å². The van der Waals surface area contributed by atoms with Crippen LogP contribution in [0.2, 0.25) is 12.1 Å². The zero-order valence-corrected chi connectivity index (χ0v) is 9.62. The van der Waals surface area contributed by atoms with Crippen LogP contribution in [0.15, 0.2) is 18.3 Å². The minimum Gasteiger partial charge on any atom is -0.380 e. The van der Waals surface area contributed by atoms with Crippen LogP contribution in [-0.2, 0) is 11.3 Å². The molecule has 1 radical (unpaired) electrons. The number of rotatable bonds is 3. The van der Waals surface area contributed by atoms with Crippen molar-refractivity contribution < 1.29 is 4.74 Å². The zero-order valence-electron chi connectivity index (χ0n) is 8.62. The predicted molar refractivity (Wildman–Crippen MR) is 59.2 cm³/mol. The van der Waals surface area contributed by atoms with Crippen molar-refractivity contribution in [2.75, 3.05) is 7.11 Å². The van der Waals surface area contributed by atoms with Crippen molar-refractivity contribution in [3.05, 3.63) is 23.9 Å². The van der Waals surface area contributed by atoms with E-state index in [0.717, 1.165) is 6.61 Å².